The Morgan fingerprint density at radius 3 is 2.67 bits per heavy atom. The van der Waals surface area contributed by atoms with Gasteiger partial charge in [-0.1, -0.05) is 35.9 Å². The van der Waals surface area contributed by atoms with E-state index >= 15 is 0 Å². The first kappa shape index (κ1) is 16.6. The molecule has 2 aromatic rings. The first-order valence-corrected chi connectivity index (χ1v) is 8.60. The average molecular weight is 323 g/mol. The highest BCUT2D eigenvalue weighted by Crippen LogP contribution is 2.35. The lowest BCUT2D eigenvalue weighted by atomic mass is 10.1. The monoisotopic (exact) mass is 323 g/mol. The zero-order valence-corrected chi connectivity index (χ0v) is 14.7. The zero-order chi connectivity index (χ0) is 17.1. The molecule has 1 fully saturated rings. The molecule has 0 bridgehead atoms. The summed E-state index contributed by atoms with van der Waals surface area (Å²) in [6.07, 6.45) is 2.47. The third-order valence-electron chi connectivity index (χ3n) is 4.80. The van der Waals surface area contributed by atoms with Crippen LogP contribution in [0.15, 0.2) is 48.5 Å². The molecule has 126 valence electrons. The minimum Gasteiger partial charge on any atom is -0.489 e. The van der Waals surface area contributed by atoms with E-state index in [0.717, 1.165) is 11.3 Å². The number of hydrogen-bond donors (Lipinski definition) is 0. The number of amides is 1. The lowest BCUT2D eigenvalue weighted by Crippen LogP contribution is -2.36. The van der Waals surface area contributed by atoms with Gasteiger partial charge >= 0.3 is 0 Å². The third-order valence-corrected chi connectivity index (χ3v) is 4.80. The second-order valence-corrected chi connectivity index (χ2v) is 6.80. The normalized spacial score (nSPS) is 15.0. The van der Waals surface area contributed by atoms with Crippen LogP contribution >= 0.6 is 0 Å². The minimum atomic E-state index is 0.0652. The van der Waals surface area contributed by atoms with Crippen molar-refractivity contribution in [2.75, 3.05) is 7.05 Å². The van der Waals surface area contributed by atoms with Crippen molar-refractivity contribution >= 4 is 5.91 Å². The fourth-order valence-electron chi connectivity index (χ4n) is 2.97. The molecule has 0 aromatic heterocycles. The van der Waals surface area contributed by atoms with Crippen molar-refractivity contribution in [3.63, 3.8) is 0 Å². The van der Waals surface area contributed by atoms with E-state index in [4.69, 9.17) is 4.74 Å². The molecule has 1 saturated carbocycles. The lowest BCUT2D eigenvalue weighted by Gasteiger charge is -2.25. The largest absolute Gasteiger partial charge is 0.489 e. The van der Waals surface area contributed by atoms with Crippen LogP contribution in [-0.4, -0.2) is 23.9 Å². The molecule has 0 saturated heterocycles. The first-order chi connectivity index (χ1) is 11.5. The van der Waals surface area contributed by atoms with Crippen molar-refractivity contribution in [3.05, 3.63) is 65.2 Å². The van der Waals surface area contributed by atoms with Crippen LogP contribution in [0.3, 0.4) is 0 Å². The van der Waals surface area contributed by atoms with Gasteiger partial charge < -0.3 is 9.64 Å². The van der Waals surface area contributed by atoms with Gasteiger partial charge in [-0.15, -0.1) is 0 Å². The smallest absolute Gasteiger partial charge is 0.253 e. The molecular formula is C21H25NO2. The van der Waals surface area contributed by atoms with Crippen molar-refractivity contribution < 1.29 is 9.53 Å². The van der Waals surface area contributed by atoms with E-state index in [9.17, 15) is 4.79 Å². The Labute approximate surface area is 144 Å². The molecule has 3 nitrogen and oxygen atoms in total. The lowest BCUT2D eigenvalue weighted by molar-refractivity contribution is 0.0727. The van der Waals surface area contributed by atoms with Crippen molar-refractivity contribution in [1.29, 1.82) is 0 Å². The molecule has 1 amide bonds. The number of rotatable bonds is 6. The van der Waals surface area contributed by atoms with E-state index in [1.807, 2.05) is 48.3 Å². The molecule has 1 atom stereocenters. The van der Waals surface area contributed by atoms with Gasteiger partial charge in [0.15, 0.2) is 0 Å². The number of benzene rings is 2. The Morgan fingerprint density at radius 1 is 1.21 bits per heavy atom. The van der Waals surface area contributed by atoms with Crippen LogP contribution in [0.5, 0.6) is 5.75 Å². The van der Waals surface area contributed by atoms with Gasteiger partial charge in [-0.3, -0.25) is 4.79 Å². The van der Waals surface area contributed by atoms with E-state index in [0.29, 0.717) is 24.1 Å². The second-order valence-electron chi connectivity index (χ2n) is 6.80. The van der Waals surface area contributed by atoms with Crippen LogP contribution in [0, 0.1) is 12.8 Å². The van der Waals surface area contributed by atoms with Gasteiger partial charge in [0.2, 0.25) is 0 Å². The SMILES string of the molecule is Cc1cccc(COc2cccc(C(=O)N(C)C(C)C3CC3)c2)c1. The Hall–Kier alpha value is -2.29. The summed E-state index contributed by atoms with van der Waals surface area (Å²) in [5.74, 6) is 1.46. The highest BCUT2D eigenvalue weighted by molar-refractivity contribution is 5.94. The molecule has 1 unspecified atom stereocenters. The van der Waals surface area contributed by atoms with Crippen LogP contribution in [0.25, 0.3) is 0 Å². The van der Waals surface area contributed by atoms with Crippen molar-refractivity contribution in [3.8, 4) is 5.75 Å². The van der Waals surface area contributed by atoms with E-state index in [-0.39, 0.29) is 5.91 Å². The fraction of sp³-hybridized carbons (Fsp3) is 0.381. The van der Waals surface area contributed by atoms with Crippen molar-refractivity contribution in [1.82, 2.24) is 4.90 Å². The molecule has 24 heavy (non-hydrogen) atoms. The van der Waals surface area contributed by atoms with Gasteiger partial charge in [-0.2, -0.15) is 0 Å². The summed E-state index contributed by atoms with van der Waals surface area (Å²) in [5.41, 5.74) is 3.04. The highest BCUT2D eigenvalue weighted by Gasteiger charge is 2.32. The molecule has 1 aliphatic rings. The number of ether oxygens (including phenoxy) is 1. The molecule has 0 radical (unpaired) electrons. The third kappa shape index (κ3) is 3.97. The van der Waals surface area contributed by atoms with Gasteiger partial charge in [-0.05, 0) is 56.4 Å². The Morgan fingerprint density at radius 2 is 1.96 bits per heavy atom. The van der Waals surface area contributed by atoms with Gasteiger partial charge in [-0.25, -0.2) is 0 Å². The molecule has 0 aliphatic heterocycles. The number of hydrogen-bond acceptors (Lipinski definition) is 2. The number of carbonyl (C=O) groups is 1. The standard InChI is InChI=1S/C21H25NO2/c1-15-6-4-7-17(12-15)14-24-20-9-5-8-19(13-20)21(23)22(3)16(2)18-10-11-18/h4-9,12-13,16,18H,10-11,14H2,1-3H3. The predicted octanol–water partition coefficient (Wildman–Crippen LogP) is 4.44. The highest BCUT2D eigenvalue weighted by atomic mass is 16.5. The van der Waals surface area contributed by atoms with Gasteiger partial charge in [0.25, 0.3) is 5.91 Å². The van der Waals surface area contributed by atoms with E-state index in [1.54, 1.807) is 0 Å². The Balaban J connectivity index is 1.66. The van der Waals surface area contributed by atoms with E-state index in [2.05, 4.69) is 26.0 Å². The fourth-order valence-corrected chi connectivity index (χ4v) is 2.97. The van der Waals surface area contributed by atoms with Crippen molar-refractivity contribution in [2.45, 2.75) is 39.3 Å². The van der Waals surface area contributed by atoms with E-state index < -0.39 is 0 Å². The summed E-state index contributed by atoms with van der Waals surface area (Å²) >= 11 is 0. The van der Waals surface area contributed by atoms with Crippen molar-refractivity contribution in [2.24, 2.45) is 5.92 Å². The number of nitrogens with zero attached hydrogens (tertiary/aromatic N) is 1. The quantitative estimate of drug-likeness (QED) is 0.786. The summed E-state index contributed by atoms with van der Waals surface area (Å²) in [6, 6.07) is 16.0. The maximum absolute atomic E-state index is 12.7. The maximum Gasteiger partial charge on any atom is 0.253 e. The summed E-state index contributed by atoms with van der Waals surface area (Å²) in [7, 11) is 1.89. The molecule has 0 N–H and O–H groups in total. The summed E-state index contributed by atoms with van der Waals surface area (Å²) in [6.45, 7) is 4.71. The van der Waals surface area contributed by atoms with Crippen LogP contribution in [0.1, 0.15) is 41.3 Å². The number of aryl methyl sites for hydroxylation is 1. The van der Waals surface area contributed by atoms with Crippen LogP contribution in [0.2, 0.25) is 0 Å². The zero-order valence-electron chi connectivity index (χ0n) is 14.7. The molecule has 0 heterocycles. The molecule has 3 heteroatoms. The Kier molecular flexibility index (Phi) is 4.89. The first-order valence-electron chi connectivity index (χ1n) is 8.60. The maximum atomic E-state index is 12.7. The van der Waals surface area contributed by atoms with Gasteiger partial charge in [0.05, 0.1) is 0 Å². The average Bonchev–Trinajstić information content (AvgIpc) is 3.43. The molecule has 3 rings (SSSR count). The minimum absolute atomic E-state index is 0.0652. The van der Waals surface area contributed by atoms with Crippen LogP contribution < -0.4 is 4.74 Å². The molecule has 1 aliphatic carbocycles. The molecule has 0 spiro atoms. The second kappa shape index (κ2) is 7.08. The molecular weight excluding hydrogens is 298 g/mol. The van der Waals surface area contributed by atoms with Gasteiger partial charge in [0, 0.05) is 18.7 Å². The van der Waals surface area contributed by atoms with Crippen LogP contribution in [0.4, 0.5) is 0 Å². The predicted molar refractivity (Wildman–Crippen MR) is 96.2 cm³/mol. The molecule has 2 aromatic carbocycles. The van der Waals surface area contributed by atoms with Crippen LogP contribution in [-0.2, 0) is 6.61 Å². The van der Waals surface area contributed by atoms with Gasteiger partial charge in [0.1, 0.15) is 12.4 Å². The topological polar surface area (TPSA) is 29.5 Å². The summed E-state index contributed by atoms with van der Waals surface area (Å²) in [5, 5.41) is 0. The van der Waals surface area contributed by atoms with E-state index in [1.165, 1.54) is 18.4 Å². The number of carbonyl (C=O) groups excluding carboxylic acids is 1. The summed E-state index contributed by atoms with van der Waals surface area (Å²) < 4.78 is 5.87. The summed E-state index contributed by atoms with van der Waals surface area (Å²) in [4.78, 5) is 14.5. The Bertz CT molecular complexity index is 721.